The number of hydrogen-bond donors (Lipinski definition) is 0. The minimum absolute atomic E-state index is 0.455. The van der Waals surface area contributed by atoms with E-state index in [9.17, 15) is 0 Å². The first-order valence-corrected chi connectivity index (χ1v) is 7.09. The SMILES string of the molecule is Cc1ccc(OCCCOCCOCc2ccon2)cc1. The molecular weight excluding hydrogens is 270 g/mol. The molecule has 0 aliphatic rings. The maximum absolute atomic E-state index is 5.61. The highest BCUT2D eigenvalue weighted by atomic mass is 16.5. The largest absolute Gasteiger partial charge is 0.494 e. The topological polar surface area (TPSA) is 53.7 Å². The van der Waals surface area contributed by atoms with Crippen molar-refractivity contribution in [3.63, 3.8) is 0 Å². The van der Waals surface area contributed by atoms with E-state index in [2.05, 4.69) is 12.1 Å². The molecule has 0 N–H and O–H groups in total. The van der Waals surface area contributed by atoms with Crippen LogP contribution in [0.25, 0.3) is 0 Å². The zero-order valence-electron chi connectivity index (χ0n) is 12.3. The first-order chi connectivity index (χ1) is 10.3. The maximum atomic E-state index is 5.61. The molecule has 0 aliphatic carbocycles. The van der Waals surface area contributed by atoms with E-state index >= 15 is 0 Å². The molecule has 1 heterocycles. The van der Waals surface area contributed by atoms with Gasteiger partial charge in [-0.3, -0.25) is 0 Å². The van der Waals surface area contributed by atoms with Crippen LogP contribution in [0.4, 0.5) is 0 Å². The summed E-state index contributed by atoms with van der Waals surface area (Å²) in [6, 6.07) is 9.82. The Hall–Kier alpha value is -1.85. The average Bonchev–Trinajstić information content (AvgIpc) is 3.01. The summed E-state index contributed by atoms with van der Waals surface area (Å²) in [7, 11) is 0. The van der Waals surface area contributed by atoms with Gasteiger partial charge in [0.25, 0.3) is 0 Å². The quantitative estimate of drug-likeness (QED) is 0.630. The third-order valence-corrected chi connectivity index (χ3v) is 2.84. The average molecular weight is 291 g/mol. The van der Waals surface area contributed by atoms with Crippen LogP contribution in [0.5, 0.6) is 5.75 Å². The van der Waals surface area contributed by atoms with Crippen molar-refractivity contribution < 1.29 is 18.7 Å². The Kier molecular flexibility index (Phi) is 6.77. The second-order valence-corrected chi connectivity index (χ2v) is 4.67. The van der Waals surface area contributed by atoms with Crippen LogP contribution >= 0.6 is 0 Å². The number of rotatable bonds is 10. The van der Waals surface area contributed by atoms with E-state index in [0.29, 0.717) is 33.0 Å². The lowest BCUT2D eigenvalue weighted by molar-refractivity contribution is 0.0351. The number of nitrogens with zero attached hydrogens (tertiary/aromatic N) is 1. The van der Waals surface area contributed by atoms with Gasteiger partial charge in [0.2, 0.25) is 0 Å². The van der Waals surface area contributed by atoms with Crippen LogP contribution in [0.15, 0.2) is 41.1 Å². The van der Waals surface area contributed by atoms with Gasteiger partial charge in [-0.1, -0.05) is 22.9 Å². The molecule has 1 aromatic carbocycles. The van der Waals surface area contributed by atoms with Crippen LogP contribution in [0.2, 0.25) is 0 Å². The molecule has 0 bridgehead atoms. The molecule has 5 nitrogen and oxygen atoms in total. The smallest absolute Gasteiger partial charge is 0.124 e. The number of benzene rings is 1. The standard InChI is InChI=1S/C16H21NO4/c1-14-3-5-16(6-4-14)20-9-2-8-18-11-12-19-13-15-7-10-21-17-15/h3-7,10H,2,8-9,11-13H2,1H3. The molecule has 0 atom stereocenters. The fourth-order valence-corrected chi connectivity index (χ4v) is 1.69. The molecule has 2 rings (SSSR count). The van der Waals surface area contributed by atoms with E-state index in [1.54, 1.807) is 6.07 Å². The summed E-state index contributed by atoms with van der Waals surface area (Å²) in [4.78, 5) is 0. The fourth-order valence-electron chi connectivity index (χ4n) is 1.69. The minimum atomic E-state index is 0.455. The van der Waals surface area contributed by atoms with E-state index < -0.39 is 0 Å². The van der Waals surface area contributed by atoms with Gasteiger partial charge in [0, 0.05) is 19.1 Å². The van der Waals surface area contributed by atoms with Crippen molar-refractivity contribution in [1.82, 2.24) is 5.16 Å². The van der Waals surface area contributed by atoms with Gasteiger partial charge in [0.05, 0.1) is 26.4 Å². The summed E-state index contributed by atoms with van der Waals surface area (Å²) in [6.07, 6.45) is 2.39. The second-order valence-electron chi connectivity index (χ2n) is 4.67. The molecule has 0 saturated heterocycles. The van der Waals surface area contributed by atoms with Crippen molar-refractivity contribution in [3.05, 3.63) is 47.9 Å². The predicted octanol–water partition coefficient (Wildman–Crippen LogP) is 2.99. The first-order valence-electron chi connectivity index (χ1n) is 7.09. The molecule has 0 spiro atoms. The summed E-state index contributed by atoms with van der Waals surface area (Å²) in [5.74, 6) is 0.900. The molecule has 0 radical (unpaired) electrons. The van der Waals surface area contributed by atoms with Gasteiger partial charge >= 0.3 is 0 Å². The molecule has 0 fully saturated rings. The second kappa shape index (κ2) is 9.15. The number of aromatic nitrogens is 1. The Balaban J connectivity index is 1.41. The summed E-state index contributed by atoms with van der Waals surface area (Å²) >= 11 is 0. The van der Waals surface area contributed by atoms with Gasteiger partial charge < -0.3 is 18.7 Å². The Morgan fingerprint density at radius 2 is 1.76 bits per heavy atom. The zero-order valence-corrected chi connectivity index (χ0v) is 12.3. The van der Waals surface area contributed by atoms with Crippen LogP contribution in [0.1, 0.15) is 17.7 Å². The van der Waals surface area contributed by atoms with E-state index in [1.807, 2.05) is 24.3 Å². The van der Waals surface area contributed by atoms with Crippen molar-refractivity contribution >= 4 is 0 Å². The van der Waals surface area contributed by atoms with E-state index in [1.165, 1.54) is 11.8 Å². The van der Waals surface area contributed by atoms with Gasteiger partial charge in [-0.25, -0.2) is 0 Å². The molecule has 0 saturated carbocycles. The van der Waals surface area contributed by atoms with Crippen molar-refractivity contribution in [2.75, 3.05) is 26.4 Å². The summed E-state index contributed by atoms with van der Waals surface area (Å²) < 4.78 is 21.2. The summed E-state index contributed by atoms with van der Waals surface area (Å²) in [5.41, 5.74) is 2.03. The number of aryl methyl sites for hydroxylation is 1. The molecule has 114 valence electrons. The fraction of sp³-hybridized carbons (Fsp3) is 0.438. The Labute approximate surface area is 124 Å². The third kappa shape index (κ3) is 6.42. The van der Waals surface area contributed by atoms with Gasteiger partial charge in [0.15, 0.2) is 0 Å². The normalized spacial score (nSPS) is 10.7. The van der Waals surface area contributed by atoms with Gasteiger partial charge in [0.1, 0.15) is 17.7 Å². The van der Waals surface area contributed by atoms with Crippen LogP contribution in [0.3, 0.4) is 0 Å². The monoisotopic (exact) mass is 291 g/mol. The molecule has 1 aromatic heterocycles. The zero-order chi connectivity index (χ0) is 14.8. The lowest BCUT2D eigenvalue weighted by Crippen LogP contribution is -2.08. The highest BCUT2D eigenvalue weighted by molar-refractivity contribution is 5.26. The van der Waals surface area contributed by atoms with Crippen LogP contribution in [0, 0.1) is 6.92 Å². The molecule has 0 unspecified atom stereocenters. The number of ether oxygens (including phenoxy) is 3. The third-order valence-electron chi connectivity index (χ3n) is 2.84. The van der Waals surface area contributed by atoms with Gasteiger partial charge in [-0.15, -0.1) is 0 Å². The van der Waals surface area contributed by atoms with Gasteiger partial charge in [-0.05, 0) is 19.1 Å². The van der Waals surface area contributed by atoms with E-state index in [0.717, 1.165) is 17.9 Å². The Bertz CT molecular complexity index is 481. The Morgan fingerprint density at radius 3 is 2.52 bits per heavy atom. The van der Waals surface area contributed by atoms with E-state index in [-0.39, 0.29) is 0 Å². The summed E-state index contributed by atoms with van der Waals surface area (Å²) in [6.45, 7) is 4.95. The van der Waals surface area contributed by atoms with Crippen molar-refractivity contribution in [3.8, 4) is 5.75 Å². The van der Waals surface area contributed by atoms with Gasteiger partial charge in [-0.2, -0.15) is 0 Å². The molecule has 21 heavy (non-hydrogen) atoms. The van der Waals surface area contributed by atoms with E-state index in [4.69, 9.17) is 18.7 Å². The first kappa shape index (κ1) is 15.5. The van der Waals surface area contributed by atoms with Crippen molar-refractivity contribution in [2.45, 2.75) is 20.0 Å². The summed E-state index contributed by atoms with van der Waals surface area (Å²) in [5, 5.41) is 3.75. The predicted molar refractivity (Wildman–Crippen MR) is 78.3 cm³/mol. The number of hydrogen-bond acceptors (Lipinski definition) is 5. The van der Waals surface area contributed by atoms with Crippen LogP contribution in [-0.4, -0.2) is 31.6 Å². The van der Waals surface area contributed by atoms with Crippen LogP contribution in [-0.2, 0) is 16.1 Å². The lowest BCUT2D eigenvalue weighted by atomic mass is 10.2. The molecule has 0 amide bonds. The van der Waals surface area contributed by atoms with Crippen LogP contribution < -0.4 is 4.74 Å². The molecule has 5 heteroatoms. The molecular formula is C16H21NO4. The maximum Gasteiger partial charge on any atom is 0.124 e. The minimum Gasteiger partial charge on any atom is -0.494 e. The molecule has 2 aromatic rings. The highest BCUT2D eigenvalue weighted by Gasteiger charge is 1.97. The Morgan fingerprint density at radius 1 is 0.952 bits per heavy atom. The lowest BCUT2D eigenvalue weighted by Gasteiger charge is -2.07. The highest BCUT2D eigenvalue weighted by Crippen LogP contribution is 2.11. The van der Waals surface area contributed by atoms with Crippen molar-refractivity contribution in [1.29, 1.82) is 0 Å². The molecule has 0 aliphatic heterocycles. The van der Waals surface area contributed by atoms with Crippen molar-refractivity contribution in [2.24, 2.45) is 0 Å².